The molecule has 1 aromatic carbocycles. The Kier molecular flexibility index (Phi) is 4.70. The van der Waals surface area contributed by atoms with Gasteiger partial charge >= 0.3 is 0 Å². The number of thioether (sulfide) groups is 1. The van der Waals surface area contributed by atoms with Gasteiger partial charge in [-0.05, 0) is 29.6 Å². The number of anilines is 1. The smallest absolute Gasteiger partial charge is 0.262 e. The van der Waals surface area contributed by atoms with E-state index in [0.717, 1.165) is 0 Å². The topological polar surface area (TPSA) is 64.0 Å². The maximum absolute atomic E-state index is 12.2. The van der Waals surface area contributed by atoms with Gasteiger partial charge in [-0.25, -0.2) is 4.98 Å². The summed E-state index contributed by atoms with van der Waals surface area (Å²) in [6.07, 6.45) is 0. The van der Waals surface area contributed by atoms with Crippen molar-refractivity contribution in [2.24, 2.45) is 7.05 Å². The summed E-state index contributed by atoms with van der Waals surface area (Å²) < 4.78 is 1.46. The second-order valence-electron chi connectivity index (χ2n) is 4.75. The molecule has 2 aromatic heterocycles. The van der Waals surface area contributed by atoms with Gasteiger partial charge in [-0.15, -0.1) is 11.3 Å². The number of amides is 1. The Labute approximate surface area is 145 Å². The molecule has 0 saturated heterocycles. The zero-order valence-electron chi connectivity index (χ0n) is 12.1. The molecule has 2 heterocycles. The number of nitrogens with zero attached hydrogens (tertiary/aromatic N) is 2. The van der Waals surface area contributed by atoms with Crippen molar-refractivity contribution in [2.45, 2.75) is 5.16 Å². The van der Waals surface area contributed by atoms with Gasteiger partial charge in [0, 0.05) is 17.8 Å². The molecule has 0 saturated carbocycles. The zero-order valence-corrected chi connectivity index (χ0v) is 14.5. The zero-order chi connectivity index (χ0) is 16.4. The number of benzene rings is 1. The Hall–Kier alpha value is -1.83. The quantitative estimate of drug-likeness (QED) is 0.568. The molecule has 0 aliphatic rings. The Morgan fingerprint density at radius 1 is 1.43 bits per heavy atom. The van der Waals surface area contributed by atoms with Crippen LogP contribution in [-0.4, -0.2) is 21.2 Å². The van der Waals surface area contributed by atoms with Crippen molar-refractivity contribution in [1.29, 1.82) is 0 Å². The molecule has 0 bridgehead atoms. The predicted octanol–water partition coefficient (Wildman–Crippen LogP) is 3.38. The van der Waals surface area contributed by atoms with Crippen molar-refractivity contribution in [2.75, 3.05) is 11.1 Å². The third-order valence-corrected chi connectivity index (χ3v) is 5.18. The molecule has 0 aliphatic heterocycles. The highest BCUT2D eigenvalue weighted by Gasteiger charge is 2.11. The first-order valence-corrected chi connectivity index (χ1v) is 8.91. The summed E-state index contributed by atoms with van der Waals surface area (Å²) in [5.74, 6) is -0.0262. The molecule has 0 unspecified atom stereocenters. The predicted molar refractivity (Wildman–Crippen MR) is 95.7 cm³/mol. The molecule has 1 amide bonds. The van der Waals surface area contributed by atoms with Crippen LogP contribution in [-0.2, 0) is 11.8 Å². The molecular weight excluding hydrogens is 354 g/mol. The molecule has 118 valence electrons. The fourth-order valence-electron chi connectivity index (χ4n) is 2.00. The molecule has 1 N–H and O–H groups in total. The van der Waals surface area contributed by atoms with Gasteiger partial charge in [-0.2, -0.15) is 0 Å². The van der Waals surface area contributed by atoms with E-state index in [-0.39, 0.29) is 17.2 Å². The van der Waals surface area contributed by atoms with Crippen LogP contribution in [0.5, 0.6) is 0 Å². The number of nitrogens with one attached hydrogen (secondary N) is 1. The average Bonchev–Trinajstić information content (AvgIpc) is 2.98. The lowest BCUT2D eigenvalue weighted by Crippen LogP contribution is -2.20. The minimum Gasteiger partial charge on any atom is -0.325 e. The van der Waals surface area contributed by atoms with Gasteiger partial charge in [0.15, 0.2) is 5.16 Å². The number of thiophene rings is 1. The number of aromatic nitrogens is 2. The lowest BCUT2D eigenvalue weighted by atomic mass is 10.3. The van der Waals surface area contributed by atoms with Crippen LogP contribution in [0.25, 0.3) is 10.2 Å². The summed E-state index contributed by atoms with van der Waals surface area (Å²) in [4.78, 5) is 29.3. The lowest BCUT2D eigenvalue weighted by molar-refractivity contribution is -0.113. The number of halogens is 1. The minimum atomic E-state index is -0.183. The summed E-state index contributed by atoms with van der Waals surface area (Å²) in [5.41, 5.74) is 0.535. The van der Waals surface area contributed by atoms with Gasteiger partial charge in [0.1, 0.15) is 4.83 Å². The number of carbonyl (C=O) groups excluding carboxylic acids is 1. The van der Waals surface area contributed by atoms with Gasteiger partial charge in [0.05, 0.1) is 11.1 Å². The Bertz CT molecular complexity index is 936. The van der Waals surface area contributed by atoms with Crippen LogP contribution in [0.15, 0.2) is 45.7 Å². The van der Waals surface area contributed by atoms with E-state index < -0.39 is 0 Å². The van der Waals surface area contributed by atoms with E-state index in [2.05, 4.69) is 10.3 Å². The van der Waals surface area contributed by atoms with Crippen LogP contribution >= 0.6 is 34.7 Å². The standard InChI is InChI=1S/C15H12ClN3O2S2/c1-19-14(21)11-5-6-22-13(11)18-15(19)23-8-12(20)17-10-4-2-3-9(16)7-10/h2-7H,8H2,1H3,(H,17,20). The highest BCUT2D eigenvalue weighted by Crippen LogP contribution is 2.21. The second-order valence-corrected chi connectivity index (χ2v) is 7.02. The summed E-state index contributed by atoms with van der Waals surface area (Å²) in [6, 6.07) is 8.70. The van der Waals surface area contributed by atoms with Crippen LogP contribution in [0.4, 0.5) is 5.69 Å². The van der Waals surface area contributed by atoms with Gasteiger partial charge in [0.25, 0.3) is 5.56 Å². The third-order valence-electron chi connectivity index (χ3n) is 3.10. The summed E-state index contributed by atoms with van der Waals surface area (Å²) in [7, 11) is 1.66. The van der Waals surface area contributed by atoms with Crippen LogP contribution in [0.1, 0.15) is 0 Å². The highest BCUT2D eigenvalue weighted by molar-refractivity contribution is 7.99. The van der Waals surface area contributed by atoms with Gasteiger partial charge in [-0.1, -0.05) is 29.4 Å². The Balaban J connectivity index is 1.72. The first-order chi connectivity index (χ1) is 11.0. The third kappa shape index (κ3) is 3.57. The largest absolute Gasteiger partial charge is 0.325 e. The molecule has 8 heteroatoms. The minimum absolute atomic E-state index is 0.103. The average molecular weight is 366 g/mol. The molecule has 23 heavy (non-hydrogen) atoms. The SMILES string of the molecule is Cn1c(SCC(=O)Nc2cccc(Cl)c2)nc2sccc2c1=O. The lowest BCUT2D eigenvalue weighted by Gasteiger charge is -2.08. The number of hydrogen-bond acceptors (Lipinski definition) is 5. The van der Waals surface area contributed by atoms with Crippen molar-refractivity contribution in [3.63, 3.8) is 0 Å². The van der Waals surface area contributed by atoms with E-state index in [1.54, 1.807) is 37.4 Å². The first kappa shape index (κ1) is 16.0. The Morgan fingerprint density at radius 2 is 2.26 bits per heavy atom. The molecule has 3 aromatic rings. The molecule has 3 rings (SSSR count). The summed E-state index contributed by atoms with van der Waals surface area (Å²) in [5, 5.41) is 6.27. The number of hydrogen-bond donors (Lipinski definition) is 1. The molecule has 0 fully saturated rings. The van der Waals surface area contributed by atoms with E-state index in [1.807, 2.05) is 5.38 Å². The fourth-order valence-corrected chi connectivity index (χ4v) is 3.77. The maximum Gasteiger partial charge on any atom is 0.262 e. The van der Waals surface area contributed by atoms with Gasteiger partial charge in [0.2, 0.25) is 5.91 Å². The van der Waals surface area contributed by atoms with E-state index in [9.17, 15) is 9.59 Å². The van der Waals surface area contributed by atoms with Crippen molar-refractivity contribution in [1.82, 2.24) is 9.55 Å². The molecular formula is C15H12ClN3O2S2. The maximum atomic E-state index is 12.2. The van der Waals surface area contributed by atoms with E-state index in [4.69, 9.17) is 11.6 Å². The summed E-state index contributed by atoms with van der Waals surface area (Å²) >= 11 is 8.52. The molecule has 0 spiro atoms. The first-order valence-electron chi connectivity index (χ1n) is 6.67. The number of fused-ring (bicyclic) bond motifs is 1. The normalized spacial score (nSPS) is 10.9. The monoisotopic (exact) mass is 365 g/mol. The van der Waals surface area contributed by atoms with E-state index in [1.165, 1.54) is 27.7 Å². The highest BCUT2D eigenvalue weighted by atomic mass is 35.5. The second kappa shape index (κ2) is 6.74. The molecule has 0 aliphatic carbocycles. The van der Waals surface area contributed by atoms with Gasteiger partial charge in [-0.3, -0.25) is 14.2 Å². The van der Waals surface area contributed by atoms with Crippen molar-refractivity contribution < 1.29 is 4.79 Å². The van der Waals surface area contributed by atoms with Crippen LogP contribution in [0, 0.1) is 0 Å². The van der Waals surface area contributed by atoms with Crippen LogP contribution in [0.3, 0.4) is 0 Å². The van der Waals surface area contributed by atoms with Crippen molar-refractivity contribution in [3.05, 3.63) is 51.1 Å². The number of carbonyl (C=O) groups is 1. The number of rotatable bonds is 4. The van der Waals surface area contributed by atoms with Gasteiger partial charge < -0.3 is 5.32 Å². The summed E-state index contributed by atoms with van der Waals surface area (Å²) in [6.45, 7) is 0. The van der Waals surface area contributed by atoms with Crippen LogP contribution in [0.2, 0.25) is 5.02 Å². The van der Waals surface area contributed by atoms with Crippen LogP contribution < -0.4 is 10.9 Å². The fraction of sp³-hybridized carbons (Fsp3) is 0.133. The molecule has 0 radical (unpaired) electrons. The van der Waals surface area contributed by atoms with Crippen molar-refractivity contribution >= 4 is 56.5 Å². The molecule has 0 atom stereocenters. The molecule has 5 nitrogen and oxygen atoms in total. The van der Waals surface area contributed by atoms with E-state index in [0.29, 0.717) is 26.1 Å². The van der Waals surface area contributed by atoms with Crippen molar-refractivity contribution in [3.8, 4) is 0 Å². The van der Waals surface area contributed by atoms with E-state index >= 15 is 0 Å². The Morgan fingerprint density at radius 3 is 3.04 bits per heavy atom.